The van der Waals surface area contributed by atoms with E-state index in [0.29, 0.717) is 6.04 Å². The van der Waals surface area contributed by atoms with Crippen molar-refractivity contribution in [3.63, 3.8) is 0 Å². The van der Waals surface area contributed by atoms with Gasteiger partial charge in [0, 0.05) is 29.8 Å². The first-order valence-electron chi connectivity index (χ1n) is 10.4. The number of urea groups is 1. The predicted molar refractivity (Wildman–Crippen MR) is 113 cm³/mol. The van der Waals surface area contributed by atoms with Gasteiger partial charge in [0.25, 0.3) is 0 Å². The van der Waals surface area contributed by atoms with Gasteiger partial charge in [-0.3, -0.25) is 4.90 Å². The molecule has 3 atom stereocenters. The summed E-state index contributed by atoms with van der Waals surface area (Å²) in [5, 5.41) is 0. The number of carbonyl (C=O) groups is 1. The number of aliphatic imine (C=N–C) groups is 1. The Morgan fingerprint density at radius 3 is 2.69 bits per heavy atom. The molecule has 4 rings (SSSR count). The van der Waals surface area contributed by atoms with Crippen LogP contribution in [0.3, 0.4) is 0 Å². The molecule has 0 N–H and O–H groups in total. The molecule has 5 heteroatoms. The molecule has 0 radical (unpaired) electrons. The van der Waals surface area contributed by atoms with Crippen LogP contribution >= 0.6 is 0 Å². The molecule has 3 aliphatic rings. The summed E-state index contributed by atoms with van der Waals surface area (Å²) >= 11 is 0. The SMILES string of the molecule is CCN1C(=O)N(C2=NC=C(C#Cc3ccc(F)cc3)C=CCC2C)C2CCCC21. The third kappa shape index (κ3) is 3.85. The van der Waals surface area contributed by atoms with Crippen LogP contribution < -0.4 is 0 Å². The number of carbonyl (C=O) groups excluding carboxylic acids is 1. The number of allylic oxidation sites excluding steroid dienone is 3. The van der Waals surface area contributed by atoms with E-state index in [4.69, 9.17) is 4.99 Å². The lowest BCUT2D eigenvalue weighted by Gasteiger charge is -2.27. The van der Waals surface area contributed by atoms with E-state index in [1.807, 2.05) is 22.8 Å². The van der Waals surface area contributed by atoms with Crippen molar-refractivity contribution in [2.75, 3.05) is 6.54 Å². The van der Waals surface area contributed by atoms with Gasteiger partial charge in [-0.2, -0.15) is 0 Å². The summed E-state index contributed by atoms with van der Waals surface area (Å²) in [5.41, 5.74) is 1.53. The van der Waals surface area contributed by atoms with Crippen LogP contribution in [-0.2, 0) is 0 Å². The van der Waals surface area contributed by atoms with Crippen LogP contribution in [0.2, 0.25) is 0 Å². The van der Waals surface area contributed by atoms with Crippen molar-refractivity contribution in [3.05, 3.63) is 59.6 Å². The first kappa shape index (κ1) is 19.4. The van der Waals surface area contributed by atoms with E-state index in [2.05, 4.69) is 24.8 Å². The van der Waals surface area contributed by atoms with Gasteiger partial charge < -0.3 is 4.90 Å². The van der Waals surface area contributed by atoms with Crippen molar-refractivity contribution < 1.29 is 9.18 Å². The molecular weight excluding hydrogens is 365 g/mol. The molecule has 1 saturated heterocycles. The Kier molecular flexibility index (Phi) is 5.53. The summed E-state index contributed by atoms with van der Waals surface area (Å²) in [6.07, 6.45) is 9.89. The fourth-order valence-corrected chi connectivity index (χ4v) is 4.51. The second-order valence-electron chi connectivity index (χ2n) is 7.87. The molecule has 1 aromatic rings. The maximum atomic E-state index is 13.1. The normalized spacial score (nSPS) is 26.3. The van der Waals surface area contributed by atoms with Crippen molar-refractivity contribution in [1.82, 2.24) is 9.80 Å². The monoisotopic (exact) mass is 391 g/mol. The third-order valence-corrected chi connectivity index (χ3v) is 5.97. The van der Waals surface area contributed by atoms with E-state index in [0.717, 1.165) is 49.2 Å². The van der Waals surface area contributed by atoms with Crippen molar-refractivity contribution >= 4 is 11.9 Å². The van der Waals surface area contributed by atoms with E-state index >= 15 is 0 Å². The molecule has 2 aliphatic heterocycles. The molecule has 2 fully saturated rings. The van der Waals surface area contributed by atoms with Crippen LogP contribution in [-0.4, -0.2) is 40.3 Å². The fraction of sp³-hybridized carbons (Fsp3) is 0.417. The molecule has 1 aromatic carbocycles. The molecule has 3 unspecified atom stereocenters. The number of benzene rings is 1. The van der Waals surface area contributed by atoms with Gasteiger partial charge in [0.2, 0.25) is 0 Å². The van der Waals surface area contributed by atoms with E-state index in [1.54, 1.807) is 18.3 Å². The van der Waals surface area contributed by atoms with Crippen molar-refractivity contribution in [1.29, 1.82) is 0 Å². The molecule has 0 spiro atoms. The highest BCUT2D eigenvalue weighted by Crippen LogP contribution is 2.37. The Hall–Kier alpha value is -2.87. The average Bonchev–Trinajstić information content (AvgIpc) is 3.26. The van der Waals surface area contributed by atoms with Crippen LogP contribution in [0.25, 0.3) is 0 Å². The van der Waals surface area contributed by atoms with Gasteiger partial charge in [-0.1, -0.05) is 24.8 Å². The van der Waals surface area contributed by atoms with Crippen LogP contribution in [0.1, 0.15) is 45.1 Å². The fourth-order valence-electron chi connectivity index (χ4n) is 4.51. The van der Waals surface area contributed by atoms with Crippen LogP contribution in [0.15, 0.2) is 53.2 Å². The number of hydrogen-bond donors (Lipinski definition) is 0. The maximum Gasteiger partial charge on any atom is 0.326 e. The number of likely N-dealkylation sites (N-methyl/N-ethyl adjacent to an activating group) is 1. The van der Waals surface area contributed by atoms with Gasteiger partial charge >= 0.3 is 6.03 Å². The standard InChI is InChI=1S/C24H26FN3O/c1-3-27-21-8-5-9-22(21)28(24(27)29)23-17(2)6-4-7-19(16-26-23)11-10-18-12-14-20(25)15-13-18/h4,7,12-17,21-22H,3,5-6,8-9H2,1-2H3. The Morgan fingerprint density at radius 2 is 1.93 bits per heavy atom. The average molecular weight is 391 g/mol. The van der Waals surface area contributed by atoms with E-state index in [1.165, 1.54) is 12.1 Å². The number of rotatable bonds is 1. The lowest BCUT2D eigenvalue weighted by molar-refractivity contribution is 0.196. The first-order chi connectivity index (χ1) is 14.1. The van der Waals surface area contributed by atoms with E-state index < -0.39 is 0 Å². The van der Waals surface area contributed by atoms with E-state index in [-0.39, 0.29) is 23.8 Å². The minimum Gasteiger partial charge on any atom is -0.320 e. The van der Waals surface area contributed by atoms with Gasteiger partial charge in [0.05, 0.1) is 12.1 Å². The minimum absolute atomic E-state index is 0.0877. The minimum atomic E-state index is -0.273. The second-order valence-corrected chi connectivity index (χ2v) is 7.87. The topological polar surface area (TPSA) is 35.9 Å². The van der Waals surface area contributed by atoms with Crippen LogP contribution in [0.4, 0.5) is 9.18 Å². The molecule has 4 nitrogen and oxygen atoms in total. The molecule has 1 saturated carbocycles. The molecule has 2 heterocycles. The Morgan fingerprint density at radius 1 is 1.17 bits per heavy atom. The van der Waals surface area contributed by atoms with Gasteiger partial charge in [-0.05, 0) is 62.9 Å². The molecule has 29 heavy (non-hydrogen) atoms. The number of nitrogens with zero attached hydrogens (tertiary/aromatic N) is 3. The number of amides is 2. The highest BCUT2D eigenvalue weighted by Gasteiger charge is 2.49. The lowest BCUT2D eigenvalue weighted by atomic mass is 10.0. The third-order valence-electron chi connectivity index (χ3n) is 5.97. The Labute approximate surface area is 171 Å². The summed E-state index contributed by atoms with van der Waals surface area (Å²) in [6, 6.07) is 6.76. The maximum absolute atomic E-state index is 13.1. The molecule has 150 valence electrons. The smallest absolute Gasteiger partial charge is 0.320 e. The molecule has 2 amide bonds. The predicted octanol–water partition coefficient (Wildman–Crippen LogP) is 4.73. The second kappa shape index (κ2) is 8.24. The zero-order valence-corrected chi connectivity index (χ0v) is 16.9. The first-order valence-corrected chi connectivity index (χ1v) is 10.4. The van der Waals surface area contributed by atoms with Gasteiger partial charge in [0.1, 0.15) is 11.7 Å². The largest absolute Gasteiger partial charge is 0.326 e. The van der Waals surface area contributed by atoms with Gasteiger partial charge in [-0.15, -0.1) is 0 Å². The van der Waals surface area contributed by atoms with Crippen molar-refractivity contribution in [3.8, 4) is 11.8 Å². The zero-order chi connectivity index (χ0) is 20.4. The summed E-state index contributed by atoms with van der Waals surface area (Å²) in [4.78, 5) is 21.8. The number of halogens is 1. The van der Waals surface area contributed by atoms with Gasteiger partial charge in [-0.25, -0.2) is 14.2 Å². The molecule has 0 aromatic heterocycles. The number of amidine groups is 1. The van der Waals surface area contributed by atoms with Crippen LogP contribution in [0.5, 0.6) is 0 Å². The van der Waals surface area contributed by atoms with Crippen molar-refractivity contribution in [2.45, 2.75) is 51.6 Å². The zero-order valence-electron chi connectivity index (χ0n) is 16.9. The summed E-state index contributed by atoms with van der Waals surface area (Å²) < 4.78 is 13.1. The summed E-state index contributed by atoms with van der Waals surface area (Å²) in [7, 11) is 0. The highest BCUT2D eigenvalue weighted by atomic mass is 19.1. The lowest BCUT2D eigenvalue weighted by Crippen LogP contribution is -2.43. The Balaban J connectivity index is 1.63. The summed E-state index contributed by atoms with van der Waals surface area (Å²) in [5.74, 6) is 6.89. The molecule has 0 bridgehead atoms. The number of fused-ring (bicyclic) bond motifs is 1. The Bertz CT molecular complexity index is 935. The van der Waals surface area contributed by atoms with Gasteiger partial charge in [0.15, 0.2) is 0 Å². The molecular formula is C24H26FN3O. The highest BCUT2D eigenvalue weighted by molar-refractivity contribution is 6.01. The quantitative estimate of drug-likeness (QED) is 0.637. The van der Waals surface area contributed by atoms with Crippen molar-refractivity contribution in [2.24, 2.45) is 10.9 Å². The number of hydrogen-bond acceptors (Lipinski definition) is 2. The summed E-state index contributed by atoms with van der Waals surface area (Å²) in [6.45, 7) is 4.91. The van der Waals surface area contributed by atoms with Crippen LogP contribution in [0, 0.1) is 23.6 Å². The molecule has 1 aliphatic carbocycles. The van der Waals surface area contributed by atoms with E-state index in [9.17, 15) is 9.18 Å².